The van der Waals surface area contributed by atoms with Crippen LogP contribution in [-0.2, 0) is 0 Å². The average molecular weight is 211 g/mol. The predicted octanol–water partition coefficient (Wildman–Crippen LogP) is 3.98. The van der Waals surface area contributed by atoms with Crippen molar-refractivity contribution in [3.8, 4) is 0 Å². The van der Waals surface area contributed by atoms with Gasteiger partial charge in [0.1, 0.15) is 0 Å². The van der Waals surface area contributed by atoms with Crippen LogP contribution in [0.15, 0.2) is 0 Å². The smallest absolute Gasteiger partial charge is 0.00966 e. The molecule has 1 unspecified atom stereocenters. The van der Waals surface area contributed by atoms with Gasteiger partial charge in [-0.05, 0) is 45.6 Å². The molecule has 15 heavy (non-hydrogen) atoms. The molecule has 1 atom stereocenters. The third kappa shape index (κ3) is 6.19. The molecule has 0 saturated heterocycles. The second-order valence-corrected chi connectivity index (χ2v) is 6.48. The summed E-state index contributed by atoms with van der Waals surface area (Å²) in [6.45, 7) is 10.3. The summed E-state index contributed by atoms with van der Waals surface area (Å²) in [5.74, 6) is 1.86. The molecule has 0 aromatic carbocycles. The zero-order valence-corrected chi connectivity index (χ0v) is 11.1. The van der Waals surface area contributed by atoms with E-state index in [4.69, 9.17) is 0 Å². The molecule has 1 nitrogen and oxygen atoms in total. The molecule has 0 radical (unpaired) electrons. The van der Waals surface area contributed by atoms with Gasteiger partial charge < -0.3 is 5.32 Å². The Hall–Kier alpha value is -0.0400. The molecule has 1 heteroatoms. The van der Waals surface area contributed by atoms with Crippen LogP contribution in [-0.4, -0.2) is 12.1 Å². The van der Waals surface area contributed by atoms with Gasteiger partial charge in [-0.15, -0.1) is 0 Å². The minimum atomic E-state index is 0.279. The molecule has 0 aromatic heterocycles. The van der Waals surface area contributed by atoms with Crippen molar-refractivity contribution in [1.82, 2.24) is 5.32 Å². The summed E-state index contributed by atoms with van der Waals surface area (Å²) in [6.07, 6.45) is 8.84. The Kier molecular flexibility index (Phi) is 5.11. The van der Waals surface area contributed by atoms with Gasteiger partial charge in [0.15, 0.2) is 0 Å². The van der Waals surface area contributed by atoms with E-state index in [-0.39, 0.29) is 5.54 Å². The standard InChI is InChI=1S/C14H29N/c1-12(11-15-14(2,3)4)10-13-8-6-5-7-9-13/h12-13,15H,5-11H2,1-4H3. The van der Waals surface area contributed by atoms with Crippen LogP contribution < -0.4 is 5.32 Å². The van der Waals surface area contributed by atoms with E-state index >= 15 is 0 Å². The normalized spacial score (nSPS) is 21.6. The van der Waals surface area contributed by atoms with E-state index in [0.29, 0.717) is 0 Å². The predicted molar refractivity (Wildman–Crippen MR) is 68.1 cm³/mol. The fraction of sp³-hybridized carbons (Fsp3) is 1.00. The van der Waals surface area contributed by atoms with Gasteiger partial charge in [0, 0.05) is 5.54 Å². The Balaban J connectivity index is 2.14. The lowest BCUT2D eigenvalue weighted by molar-refractivity contribution is 0.278. The van der Waals surface area contributed by atoms with Crippen molar-refractivity contribution < 1.29 is 0 Å². The molecule has 1 aliphatic rings. The van der Waals surface area contributed by atoms with Crippen LogP contribution in [0.25, 0.3) is 0 Å². The third-order valence-electron chi connectivity index (χ3n) is 3.44. The monoisotopic (exact) mass is 211 g/mol. The summed E-state index contributed by atoms with van der Waals surface area (Å²) >= 11 is 0. The van der Waals surface area contributed by atoms with Crippen molar-refractivity contribution in [2.75, 3.05) is 6.54 Å². The summed E-state index contributed by atoms with van der Waals surface area (Å²) in [6, 6.07) is 0. The Morgan fingerprint density at radius 3 is 2.27 bits per heavy atom. The quantitative estimate of drug-likeness (QED) is 0.741. The van der Waals surface area contributed by atoms with Gasteiger partial charge in [-0.1, -0.05) is 39.0 Å². The fourth-order valence-corrected chi connectivity index (χ4v) is 2.56. The van der Waals surface area contributed by atoms with Crippen molar-refractivity contribution in [3.63, 3.8) is 0 Å². The summed E-state index contributed by atoms with van der Waals surface area (Å²) in [7, 11) is 0. The molecule has 0 amide bonds. The van der Waals surface area contributed by atoms with E-state index in [2.05, 4.69) is 33.0 Å². The fourth-order valence-electron chi connectivity index (χ4n) is 2.56. The second-order valence-electron chi connectivity index (χ2n) is 6.48. The lowest BCUT2D eigenvalue weighted by Gasteiger charge is -2.27. The van der Waals surface area contributed by atoms with Gasteiger partial charge in [0.2, 0.25) is 0 Å². The highest BCUT2D eigenvalue weighted by Crippen LogP contribution is 2.28. The minimum absolute atomic E-state index is 0.279. The lowest BCUT2D eigenvalue weighted by Crippen LogP contribution is -2.39. The van der Waals surface area contributed by atoms with Crippen LogP contribution in [0.3, 0.4) is 0 Å². The molecule has 0 spiro atoms. The molecule has 0 bridgehead atoms. The summed E-state index contributed by atoms with van der Waals surface area (Å²) in [5.41, 5.74) is 0.279. The molecular weight excluding hydrogens is 182 g/mol. The van der Waals surface area contributed by atoms with E-state index in [1.165, 1.54) is 45.1 Å². The van der Waals surface area contributed by atoms with Crippen LogP contribution >= 0.6 is 0 Å². The van der Waals surface area contributed by atoms with Crippen molar-refractivity contribution in [3.05, 3.63) is 0 Å². The van der Waals surface area contributed by atoms with Crippen LogP contribution in [0.4, 0.5) is 0 Å². The van der Waals surface area contributed by atoms with Crippen LogP contribution in [0.1, 0.15) is 66.2 Å². The minimum Gasteiger partial charge on any atom is -0.312 e. The van der Waals surface area contributed by atoms with Crippen molar-refractivity contribution >= 4 is 0 Å². The molecule has 0 aromatic rings. The Labute approximate surface area is 96.0 Å². The Morgan fingerprint density at radius 1 is 1.13 bits per heavy atom. The van der Waals surface area contributed by atoms with E-state index in [0.717, 1.165) is 11.8 Å². The SMILES string of the molecule is CC(CNC(C)(C)C)CC1CCCCC1. The summed E-state index contributed by atoms with van der Waals surface area (Å²) in [5, 5.41) is 3.61. The molecule has 1 N–H and O–H groups in total. The maximum Gasteiger partial charge on any atom is 0.00966 e. The van der Waals surface area contributed by atoms with Crippen LogP contribution in [0.5, 0.6) is 0 Å². The largest absolute Gasteiger partial charge is 0.312 e. The van der Waals surface area contributed by atoms with Gasteiger partial charge >= 0.3 is 0 Å². The Morgan fingerprint density at radius 2 is 1.73 bits per heavy atom. The Bertz CT molecular complexity index is 163. The molecule has 1 rings (SSSR count). The van der Waals surface area contributed by atoms with Crippen molar-refractivity contribution in [2.24, 2.45) is 11.8 Å². The maximum absolute atomic E-state index is 3.61. The zero-order chi connectivity index (χ0) is 11.3. The highest BCUT2D eigenvalue weighted by atomic mass is 14.9. The lowest BCUT2D eigenvalue weighted by atomic mass is 9.83. The maximum atomic E-state index is 3.61. The number of hydrogen-bond acceptors (Lipinski definition) is 1. The van der Waals surface area contributed by atoms with E-state index in [1.54, 1.807) is 0 Å². The highest BCUT2D eigenvalue weighted by molar-refractivity contribution is 4.74. The topological polar surface area (TPSA) is 12.0 Å². The first-order valence-electron chi connectivity index (χ1n) is 6.72. The molecule has 1 aliphatic carbocycles. The third-order valence-corrected chi connectivity index (χ3v) is 3.44. The van der Waals surface area contributed by atoms with Gasteiger partial charge in [0.05, 0.1) is 0 Å². The molecule has 1 fully saturated rings. The number of hydrogen-bond donors (Lipinski definition) is 1. The first-order valence-corrected chi connectivity index (χ1v) is 6.72. The van der Waals surface area contributed by atoms with Gasteiger partial charge in [-0.25, -0.2) is 0 Å². The summed E-state index contributed by atoms with van der Waals surface area (Å²) in [4.78, 5) is 0. The number of nitrogens with one attached hydrogen (secondary N) is 1. The van der Waals surface area contributed by atoms with Gasteiger partial charge in [0.25, 0.3) is 0 Å². The van der Waals surface area contributed by atoms with Gasteiger partial charge in [-0.2, -0.15) is 0 Å². The van der Waals surface area contributed by atoms with E-state index in [9.17, 15) is 0 Å². The first kappa shape index (κ1) is 13.0. The molecule has 0 aliphatic heterocycles. The molecular formula is C14H29N. The second kappa shape index (κ2) is 5.89. The van der Waals surface area contributed by atoms with Crippen LogP contribution in [0.2, 0.25) is 0 Å². The van der Waals surface area contributed by atoms with E-state index in [1.807, 2.05) is 0 Å². The molecule has 90 valence electrons. The number of rotatable bonds is 4. The van der Waals surface area contributed by atoms with Crippen molar-refractivity contribution in [2.45, 2.75) is 71.8 Å². The average Bonchev–Trinajstić information content (AvgIpc) is 2.15. The van der Waals surface area contributed by atoms with Crippen LogP contribution in [0, 0.1) is 11.8 Å². The van der Waals surface area contributed by atoms with Gasteiger partial charge in [-0.3, -0.25) is 0 Å². The van der Waals surface area contributed by atoms with E-state index < -0.39 is 0 Å². The molecule has 0 heterocycles. The molecule has 1 saturated carbocycles. The highest BCUT2D eigenvalue weighted by Gasteiger charge is 2.17. The van der Waals surface area contributed by atoms with Crippen molar-refractivity contribution in [1.29, 1.82) is 0 Å². The first-order chi connectivity index (χ1) is 6.97. The summed E-state index contributed by atoms with van der Waals surface area (Å²) < 4.78 is 0. The zero-order valence-electron chi connectivity index (χ0n) is 11.1.